The highest BCUT2D eigenvalue weighted by Gasteiger charge is 2.46. The van der Waals surface area contributed by atoms with Crippen molar-refractivity contribution in [2.75, 3.05) is 0 Å². The van der Waals surface area contributed by atoms with Crippen LogP contribution in [0.15, 0.2) is 0 Å². The van der Waals surface area contributed by atoms with Crippen LogP contribution in [0.5, 0.6) is 0 Å². The van der Waals surface area contributed by atoms with E-state index in [4.69, 9.17) is 5.11 Å². The van der Waals surface area contributed by atoms with Gasteiger partial charge in [-0.15, -0.1) is 0 Å². The molecule has 0 aliphatic carbocycles. The first-order valence-electron chi connectivity index (χ1n) is 9.32. The molecule has 1 unspecified atom stereocenters. The van der Waals surface area contributed by atoms with E-state index in [0.717, 1.165) is 44.9 Å². The van der Waals surface area contributed by atoms with Crippen LogP contribution >= 0.6 is 0 Å². The standard InChI is InChI=1S/C19H35NO4/c1-18(2)13-10-14-19(3,4)20(18)15(17(23)24)11-8-6-5-7-9-12-16(21)22/h15H,5-14H2,1-4H3,(H,21,22)(H,23,24). The van der Waals surface area contributed by atoms with Crippen LogP contribution < -0.4 is 0 Å². The summed E-state index contributed by atoms with van der Waals surface area (Å²) in [5.74, 6) is -1.46. The van der Waals surface area contributed by atoms with E-state index in [2.05, 4.69) is 32.6 Å². The molecule has 140 valence electrons. The number of aliphatic carboxylic acids is 2. The Morgan fingerprint density at radius 2 is 1.42 bits per heavy atom. The first kappa shape index (κ1) is 20.9. The van der Waals surface area contributed by atoms with Crippen molar-refractivity contribution >= 4 is 11.9 Å². The SMILES string of the molecule is CC1(C)CCCC(C)(C)N1C(CCCCCCCC(=O)O)C(=O)O. The predicted molar refractivity (Wildman–Crippen MR) is 95.2 cm³/mol. The molecule has 0 amide bonds. The molecule has 1 atom stereocenters. The van der Waals surface area contributed by atoms with E-state index in [1.165, 1.54) is 0 Å². The van der Waals surface area contributed by atoms with Gasteiger partial charge in [0.2, 0.25) is 0 Å². The van der Waals surface area contributed by atoms with Gasteiger partial charge in [-0.25, -0.2) is 0 Å². The average molecular weight is 341 g/mol. The molecule has 0 bridgehead atoms. The van der Waals surface area contributed by atoms with Gasteiger partial charge in [0.25, 0.3) is 0 Å². The van der Waals surface area contributed by atoms with Crippen molar-refractivity contribution in [2.45, 2.75) is 109 Å². The molecule has 1 aliphatic rings. The zero-order chi connectivity index (χ0) is 18.4. The van der Waals surface area contributed by atoms with Gasteiger partial charge >= 0.3 is 11.9 Å². The van der Waals surface area contributed by atoms with Crippen molar-refractivity contribution in [3.8, 4) is 0 Å². The second-order valence-electron chi connectivity index (χ2n) is 8.40. The summed E-state index contributed by atoms with van der Waals surface area (Å²) >= 11 is 0. The van der Waals surface area contributed by atoms with Gasteiger partial charge in [-0.3, -0.25) is 14.5 Å². The van der Waals surface area contributed by atoms with Crippen LogP contribution in [0.4, 0.5) is 0 Å². The molecule has 5 heteroatoms. The third-order valence-corrected chi connectivity index (χ3v) is 5.35. The number of hydrogen-bond donors (Lipinski definition) is 2. The molecule has 1 aliphatic heterocycles. The molecule has 2 N–H and O–H groups in total. The molecular weight excluding hydrogens is 306 g/mol. The number of hydrogen-bond acceptors (Lipinski definition) is 3. The summed E-state index contributed by atoms with van der Waals surface area (Å²) in [6.45, 7) is 8.65. The minimum atomic E-state index is -0.740. The number of carboxylic acids is 2. The Bertz CT molecular complexity index is 415. The zero-order valence-electron chi connectivity index (χ0n) is 15.8. The van der Waals surface area contributed by atoms with Crippen molar-refractivity contribution < 1.29 is 19.8 Å². The lowest BCUT2D eigenvalue weighted by Crippen LogP contribution is -2.64. The maximum Gasteiger partial charge on any atom is 0.320 e. The lowest BCUT2D eigenvalue weighted by Gasteiger charge is -2.55. The summed E-state index contributed by atoms with van der Waals surface area (Å²) in [5, 5.41) is 18.4. The van der Waals surface area contributed by atoms with Gasteiger partial charge in [0.05, 0.1) is 0 Å². The number of piperidine rings is 1. The maximum atomic E-state index is 11.9. The Kier molecular flexibility index (Phi) is 7.71. The predicted octanol–water partition coefficient (Wildman–Crippen LogP) is 4.30. The molecule has 0 aromatic heterocycles. The van der Waals surface area contributed by atoms with Crippen molar-refractivity contribution in [1.29, 1.82) is 0 Å². The third-order valence-electron chi connectivity index (χ3n) is 5.35. The van der Waals surface area contributed by atoms with Crippen LogP contribution in [-0.4, -0.2) is 44.2 Å². The molecule has 5 nitrogen and oxygen atoms in total. The zero-order valence-corrected chi connectivity index (χ0v) is 15.8. The Hall–Kier alpha value is -1.10. The number of nitrogens with zero attached hydrogens (tertiary/aromatic N) is 1. The summed E-state index contributed by atoms with van der Waals surface area (Å²) in [7, 11) is 0. The lowest BCUT2D eigenvalue weighted by molar-refractivity contribution is -0.154. The lowest BCUT2D eigenvalue weighted by atomic mass is 9.78. The molecule has 1 heterocycles. The molecule has 0 radical (unpaired) electrons. The molecule has 0 spiro atoms. The minimum absolute atomic E-state index is 0.0910. The quantitative estimate of drug-likeness (QED) is 0.579. The van der Waals surface area contributed by atoms with Crippen molar-refractivity contribution in [3.05, 3.63) is 0 Å². The number of carboxylic acid groups (broad SMARTS) is 2. The second kappa shape index (κ2) is 8.84. The molecular formula is C19H35NO4. The Morgan fingerprint density at radius 3 is 1.92 bits per heavy atom. The monoisotopic (exact) mass is 341 g/mol. The van der Waals surface area contributed by atoms with Gasteiger partial charge in [0, 0.05) is 17.5 Å². The normalized spacial score (nSPS) is 21.3. The third kappa shape index (κ3) is 6.08. The molecule has 1 rings (SSSR count). The van der Waals surface area contributed by atoms with E-state index in [-0.39, 0.29) is 17.5 Å². The fourth-order valence-electron chi connectivity index (χ4n) is 4.36. The topological polar surface area (TPSA) is 77.8 Å². The van der Waals surface area contributed by atoms with Crippen molar-refractivity contribution in [2.24, 2.45) is 0 Å². The molecule has 1 saturated heterocycles. The molecule has 1 fully saturated rings. The summed E-state index contributed by atoms with van der Waals surface area (Å²) < 4.78 is 0. The first-order valence-corrected chi connectivity index (χ1v) is 9.32. The molecule has 24 heavy (non-hydrogen) atoms. The molecule has 0 aromatic rings. The van der Waals surface area contributed by atoms with Gasteiger partial charge in [-0.1, -0.05) is 25.7 Å². The smallest absolute Gasteiger partial charge is 0.320 e. The van der Waals surface area contributed by atoms with Crippen LogP contribution in [0.1, 0.15) is 91.9 Å². The van der Waals surface area contributed by atoms with Gasteiger partial charge in [0.15, 0.2) is 0 Å². The first-order chi connectivity index (χ1) is 11.1. The van der Waals surface area contributed by atoms with Crippen LogP contribution in [-0.2, 0) is 9.59 Å². The van der Waals surface area contributed by atoms with E-state index < -0.39 is 18.0 Å². The van der Waals surface area contributed by atoms with Crippen molar-refractivity contribution in [3.63, 3.8) is 0 Å². The fourth-order valence-corrected chi connectivity index (χ4v) is 4.36. The summed E-state index contributed by atoms with van der Waals surface area (Å²) in [6.07, 6.45) is 8.57. The Labute approximate surface area is 146 Å². The van der Waals surface area contributed by atoms with Gasteiger partial charge in [-0.2, -0.15) is 0 Å². The number of likely N-dealkylation sites (tertiary alicyclic amines) is 1. The minimum Gasteiger partial charge on any atom is -0.481 e. The van der Waals surface area contributed by atoms with Crippen LogP contribution in [0.2, 0.25) is 0 Å². The van der Waals surface area contributed by atoms with Crippen LogP contribution in [0.3, 0.4) is 0 Å². The summed E-state index contributed by atoms with van der Waals surface area (Å²) in [4.78, 5) is 24.6. The second-order valence-corrected chi connectivity index (χ2v) is 8.40. The Morgan fingerprint density at radius 1 is 0.917 bits per heavy atom. The summed E-state index contributed by atoms with van der Waals surface area (Å²) in [6, 6.07) is -0.436. The van der Waals surface area contributed by atoms with Gasteiger partial charge < -0.3 is 10.2 Å². The highest BCUT2D eigenvalue weighted by molar-refractivity contribution is 5.73. The van der Waals surface area contributed by atoms with E-state index in [1.807, 2.05) is 0 Å². The largest absolute Gasteiger partial charge is 0.481 e. The van der Waals surface area contributed by atoms with Crippen LogP contribution in [0, 0.1) is 0 Å². The van der Waals surface area contributed by atoms with E-state index in [0.29, 0.717) is 12.8 Å². The van der Waals surface area contributed by atoms with E-state index in [9.17, 15) is 14.7 Å². The van der Waals surface area contributed by atoms with E-state index in [1.54, 1.807) is 0 Å². The van der Waals surface area contributed by atoms with Gasteiger partial charge in [0.1, 0.15) is 6.04 Å². The van der Waals surface area contributed by atoms with Gasteiger partial charge in [-0.05, 0) is 59.8 Å². The highest BCUT2D eigenvalue weighted by atomic mass is 16.4. The van der Waals surface area contributed by atoms with Crippen LogP contribution in [0.25, 0.3) is 0 Å². The highest BCUT2D eigenvalue weighted by Crippen LogP contribution is 2.40. The number of unbranched alkanes of at least 4 members (excludes halogenated alkanes) is 4. The maximum absolute atomic E-state index is 11.9. The molecule has 0 aromatic carbocycles. The Balaban J connectivity index is 2.54. The van der Waals surface area contributed by atoms with E-state index >= 15 is 0 Å². The summed E-state index contributed by atoms with van der Waals surface area (Å²) in [5.41, 5.74) is -0.182. The number of rotatable bonds is 10. The average Bonchev–Trinajstić information content (AvgIpc) is 2.42. The fraction of sp³-hybridized carbons (Fsp3) is 0.895. The van der Waals surface area contributed by atoms with Crippen molar-refractivity contribution in [1.82, 2.24) is 4.90 Å². The molecule has 0 saturated carbocycles. The number of carbonyl (C=O) groups is 2.